The number of urea groups is 1. The molecule has 0 radical (unpaired) electrons. The Morgan fingerprint density at radius 2 is 2.24 bits per heavy atom. The van der Waals surface area contributed by atoms with Crippen molar-refractivity contribution in [2.75, 3.05) is 19.8 Å². The highest BCUT2D eigenvalue weighted by Crippen LogP contribution is 2.09. The van der Waals surface area contributed by atoms with Crippen LogP contribution in [0.15, 0.2) is 0 Å². The van der Waals surface area contributed by atoms with Crippen molar-refractivity contribution in [2.24, 2.45) is 0 Å². The Balaban J connectivity index is 2.73. The predicted octanol–water partition coefficient (Wildman–Crippen LogP) is -0.107. The molecule has 0 saturated carbocycles. The van der Waals surface area contributed by atoms with Gasteiger partial charge in [0.1, 0.15) is 0 Å². The largest absolute Gasteiger partial charge is 0.480 e. The van der Waals surface area contributed by atoms with Gasteiger partial charge in [0.05, 0.1) is 18.8 Å². The summed E-state index contributed by atoms with van der Waals surface area (Å²) >= 11 is 0. The first-order valence-electron chi connectivity index (χ1n) is 5.24. The van der Waals surface area contributed by atoms with Crippen LogP contribution in [0.3, 0.4) is 0 Å². The lowest BCUT2D eigenvalue weighted by atomic mass is 10.1. The first kappa shape index (κ1) is 13.3. The average Bonchev–Trinajstić information content (AvgIpc) is 2.28. The van der Waals surface area contributed by atoms with Crippen molar-refractivity contribution in [3.8, 4) is 12.3 Å². The van der Waals surface area contributed by atoms with Gasteiger partial charge in [-0.2, -0.15) is 0 Å². The first-order chi connectivity index (χ1) is 7.87. The van der Waals surface area contributed by atoms with Gasteiger partial charge in [0.25, 0.3) is 0 Å². The summed E-state index contributed by atoms with van der Waals surface area (Å²) in [6.45, 7) is 3.90. The van der Waals surface area contributed by atoms with Crippen molar-refractivity contribution in [1.29, 1.82) is 0 Å². The third-order valence-electron chi connectivity index (χ3n) is 2.45. The number of carboxylic acid groups (broad SMARTS) is 1. The number of ether oxygens (including phenoxy) is 1. The van der Waals surface area contributed by atoms with Gasteiger partial charge in [-0.15, -0.1) is 6.42 Å². The molecule has 1 heterocycles. The van der Waals surface area contributed by atoms with Crippen LogP contribution in [0.25, 0.3) is 0 Å². The monoisotopic (exact) mass is 240 g/mol. The fourth-order valence-electron chi connectivity index (χ4n) is 1.43. The molecule has 2 N–H and O–H groups in total. The van der Waals surface area contributed by atoms with Crippen LogP contribution >= 0.6 is 0 Å². The maximum atomic E-state index is 11.9. The summed E-state index contributed by atoms with van der Waals surface area (Å²) in [5, 5.41) is 11.6. The van der Waals surface area contributed by atoms with E-state index in [0.717, 1.165) is 0 Å². The molecule has 1 unspecified atom stereocenters. The number of aliphatic carboxylic acids is 1. The molecular weight excluding hydrogens is 224 g/mol. The van der Waals surface area contributed by atoms with E-state index in [1.165, 1.54) is 4.90 Å². The second-order valence-corrected chi connectivity index (χ2v) is 4.32. The molecule has 1 saturated heterocycles. The summed E-state index contributed by atoms with van der Waals surface area (Å²) in [6.07, 6.45) is 5.25. The molecule has 0 aromatic carbocycles. The van der Waals surface area contributed by atoms with Crippen LogP contribution in [-0.2, 0) is 9.53 Å². The van der Waals surface area contributed by atoms with Crippen molar-refractivity contribution in [1.82, 2.24) is 10.2 Å². The number of hydrogen-bond acceptors (Lipinski definition) is 3. The second kappa shape index (κ2) is 5.06. The number of terminal acetylenes is 1. The van der Waals surface area contributed by atoms with Crippen LogP contribution in [-0.4, -0.2) is 53.3 Å². The van der Waals surface area contributed by atoms with Crippen molar-refractivity contribution >= 4 is 12.0 Å². The molecular formula is C11H16N2O4. The zero-order valence-corrected chi connectivity index (χ0v) is 9.90. The van der Waals surface area contributed by atoms with Gasteiger partial charge in [-0.1, -0.05) is 5.92 Å². The third-order valence-corrected chi connectivity index (χ3v) is 2.45. The molecule has 6 heteroatoms. The van der Waals surface area contributed by atoms with E-state index >= 15 is 0 Å². The van der Waals surface area contributed by atoms with E-state index in [4.69, 9.17) is 16.3 Å². The second-order valence-electron chi connectivity index (χ2n) is 4.32. The molecule has 94 valence electrons. The van der Waals surface area contributed by atoms with Crippen LogP contribution in [0, 0.1) is 12.3 Å². The predicted molar refractivity (Wildman–Crippen MR) is 60.4 cm³/mol. The molecule has 6 nitrogen and oxygen atoms in total. The Morgan fingerprint density at radius 1 is 1.59 bits per heavy atom. The van der Waals surface area contributed by atoms with Crippen LogP contribution < -0.4 is 5.32 Å². The van der Waals surface area contributed by atoms with E-state index in [2.05, 4.69) is 11.2 Å². The molecule has 0 aromatic rings. The standard InChI is InChI=1S/C11H16N2O4/c1-4-11(2,3)12-10(16)13-5-6-17-7-8(13)9(14)15/h1,8H,5-7H2,2-3H3,(H,12,16)(H,14,15). The van der Waals surface area contributed by atoms with Gasteiger partial charge >= 0.3 is 12.0 Å². The molecule has 1 atom stereocenters. The Labute approximate surface area is 99.9 Å². The quantitative estimate of drug-likeness (QED) is 0.660. The Hall–Kier alpha value is -1.74. The number of morpholine rings is 1. The fourth-order valence-corrected chi connectivity index (χ4v) is 1.43. The molecule has 17 heavy (non-hydrogen) atoms. The topological polar surface area (TPSA) is 78.9 Å². The minimum atomic E-state index is -1.08. The van der Waals surface area contributed by atoms with Gasteiger partial charge in [-0.3, -0.25) is 0 Å². The highest BCUT2D eigenvalue weighted by atomic mass is 16.5. The SMILES string of the molecule is C#CC(C)(C)NC(=O)N1CCOCC1C(=O)O. The van der Waals surface area contributed by atoms with Crippen LogP contribution in [0.1, 0.15) is 13.8 Å². The number of carboxylic acids is 1. The summed E-state index contributed by atoms with van der Waals surface area (Å²) in [7, 11) is 0. The molecule has 1 aliphatic heterocycles. The summed E-state index contributed by atoms with van der Waals surface area (Å²) in [5.41, 5.74) is -0.807. The zero-order chi connectivity index (χ0) is 13.1. The molecule has 1 rings (SSSR count). The number of hydrogen-bond donors (Lipinski definition) is 2. The minimum Gasteiger partial charge on any atom is -0.480 e. The maximum absolute atomic E-state index is 11.9. The van der Waals surface area contributed by atoms with E-state index < -0.39 is 23.6 Å². The van der Waals surface area contributed by atoms with E-state index in [-0.39, 0.29) is 13.2 Å². The van der Waals surface area contributed by atoms with Crippen molar-refractivity contribution in [2.45, 2.75) is 25.4 Å². The average molecular weight is 240 g/mol. The van der Waals surface area contributed by atoms with E-state index in [9.17, 15) is 9.59 Å². The van der Waals surface area contributed by atoms with Gasteiger partial charge in [-0.05, 0) is 13.8 Å². The fraction of sp³-hybridized carbons (Fsp3) is 0.636. The van der Waals surface area contributed by atoms with Gasteiger partial charge in [0.15, 0.2) is 6.04 Å². The molecule has 2 amide bonds. The van der Waals surface area contributed by atoms with E-state index in [1.54, 1.807) is 13.8 Å². The smallest absolute Gasteiger partial charge is 0.328 e. The minimum absolute atomic E-state index is 0.000758. The molecule has 1 fully saturated rings. The lowest BCUT2D eigenvalue weighted by molar-refractivity contribution is -0.147. The molecule has 1 aliphatic rings. The van der Waals surface area contributed by atoms with Crippen molar-refractivity contribution in [3.05, 3.63) is 0 Å². The number of carbonyl (C=O) groups is 2. The zero-order valence-electron chi connectivity index (χ0n) is 9.90. The van der Waals surface area contributed by atoms with Crippen LogP contribution in [0.4, 0.5) is 4.79 Å². The summed E-state index contributed by atoms with van der Waals surface area (Å²) < 4.78 is 5.04. The van der Waals surface area contributed by atoms with Gasteiger partial charge in [-0.25, -0.2) is 9.59 Å². The number of nitrogens with zero attached hydrogens (tertiary/aromatic N) is 1. The number of rotatable bonds is 2. The molecule has 0 bridgehead atoms. The maximum Gasteiger partial charge on any atom is 0.328 e. The highest BCUT2D eigenvalue weighted by Gasteiger charge is 2.34. The Morgan fingerprint density at radius 3 is 2.76 bits per heavy atom. The van der Waals surface area contributed by atoms with Crippen molar-refractivity contribution < 1.29 is 19.4 Å². The molecule has 0 aliphatic carbocycles. The number of nitrogens with one attached hydrogen (secondary N) is 1. The summed E-state index contributed by atoms with van der Waals surface area (Å²) in [5.74, 6) is 1.33. The summed E-state index contributed by atoms with van der Waals surface area (Å²) in [4.78, 5) is 24.1. The van der Waals surface area contributed by atoms with E-state index in [1.807, 2.05) is 0 Å². The van der Waals surface area contributed by atoms with Gasteiger partial charge in [0, 0.05) is 6.54 Å². The number of carbonyl (C=O) groups excluding carboxylic acids is 1. The summed E-state index contributed by atoms with van der Waals surface area (Å²) in [6, 6.07) is -1.44. The highest BCUT2D eigenvalue weighted by molar-refractivity contribution is 5.83. The molecule has 0 aromatic heterocycles. The van der Waals surface area contributed by atoms with Gasteiger partial charge in [0.2, 0.25) is 0 Å². The van der Waals surface area contributed by atoms with Crippen LogP contribution in [0.5, 0.6) is 0 Å². The normalized spacial score (nSPS) is 20.5. The van der Waals surface area contributed by atoms with Gasteiger partial charge < -0.3 is 20.1 Å². The van der Waals surface area contributed by atoms with Crippen LogP contribution in [0.2, 0.25) is 0 Å². The lowest BCUT2D eigenvalue weighted by Crippen LogP contribution is -2.58. The third kappa shape index (κ3) is 3.36. The number of amides is 2. The van der Waals surface area contributed by atoms with Crippen molar-refractivity contribution in [3.63, 3.8) is 0 Å². The molecule has 0 spiro atoms. The Kier molecular flexibility index (Phi) is 3.97. The van der Waals surface area contributed by atoms with E-state index in [0.29, 0.717) is 6.61 Å². The first-order valence-corrected chi connectivity index (χ1v) is 5.24. The lowest BCUT2D eigenvalue weighted by Gasteiger charge is -2.34. The Bertz CT molecular complexity index is 359.